The molecule has 3 aromatic rings. The molecule has 0 saturated heterocycles. The predicted octanol–water partition coefficient (Wildman–Crippen LogP) is 3.07. The van der Waals surface area contributed by atoms with Crippen molar-refractivity contribution in [3.63, 3.8) is 0 Å². The van der Waals surface area contributed by atoms with Crippen LogP contribution in [0.1, 0.15) is 28.9 Å². The number of carbonyl (C=O) groups is 1. The van der Waals surface area contributed by atoms with Gasteiger partial charge < -0.3 is 9.80 Å². The number of nitro groups is 1. The Balaban J connectivity index is 1.87. The van der Waals surface area contributed by atoms with Gasteiger partial charge in [0, 0.05) is 39.0 Å². The van der Waals surface area contributed by atoms with Crippen LogP contribution in [0.3, 0.4) is 0 Å². The van der Waals surface area contributed by atoms with Crippen LogP contribution in [-0.4, -0.2) is 51.6 Å². The highest BCUT2D eigenvalue weighted by Crippen LogP contribution is 2.28. The lowest BCUT2D eigenvalue weighted by molar-refractivity contribution is -0.384. The number of rotatable bonds is 6. The van der Waals surface area contributed by atoms with Crippen molar-refractivity contribution in [2.45, 2.75) is 13.0 Å². The van der Waals surface area contributed by atoms with E-state index in [1.165, 1.54) is 18.5 Å². The lowest BCUT2D eigenvalue weighted by Crippen LogP contribution is -2.31. The molecular formula is C20H22N6O3. The van der Waals surface area contributed by atoms with Gasteiger partial charge in [0.2, 0.25) is 0 Å². The van der Waals surface area contributed by atoms with E-state index in [2.05, 4.69) is 10.1 Å². The van der Waals surface area contributed by atoms with Crippen LogP contribution in [0.2, 0.25) is 0 Å². The summed E-state index contributed by atoms with van der Waals surface area (Å²) in [6.07, 6.45) is 3.07. The summed E-state index contributed by atoms with van der Waals surface area (Å²) in [5.74, 6) is -0.287. The fourth-order valence-corrected chi connectivity index (χ4v) is 3.04. The number of amides is 1. The van der Waals surface area contributed by atoms with Gasteiger partial charge in [0.1, 0.15) is 12.7 Å². The molecule has 0 spiro atoms. The minimum absolute atomic E-state index is 0.114. The highest BCUT2D eigenvalue weighted by molar-refractivity contribution is 6.00. The van der Waals surface area contributed by atoms with E-state index in [4.69, 9.17) is 0 Å². The second kappa shape index (κ2) is 8.09. The Labute approximate surface area is 168 Å². The Hall–Kier alpha value is -3.75. The van der Waals surface area contributed by atoms with Crippen LogP contribution in [0, 0.1) is 10.1 Å². The SMILES string of the molecule is CC(c1ccc(-n2cncn2)cc1)N(C)C(=O)c1cc([N+](=O)[O-])ccc1N(C)C. The van der Waals surface area contributed by atoms with Gasteiger partial charge in [-0.3, -0.25) is 14.9 Å². The smallest absolute Gasteiger partial charge is 0.270 e. The zero-order valence-electron chi connectivity index (χ0n) is 16.7. The van der Waals surface area contributed by atoms with Crippen molar-refractivity contribution >= 4 is 17.3 Å². The maximum atomic E-state index is 13.2. The molecule has 1 unspecified atom stereocenters. The number of aromatic nitrogens is 3. The average Bonchev–Trinajstić information content (AvgIpc) is 3.26. The molecule has 0 N–H and O–H groups in total. The van der Waals surface area contributed by atoms with Crippen LogP contribution in [0.25, 0.3) is 5.69 Å². The third kappa shape index (κ3) is 4.08. The van der Waals surface area contributed by atoms with Gasteiger partial charge in [0.15, 0.2) is 0 Å². The van der Waals surface area contributed by atoms with Crippen molar-refractivity contribution in [1.82, 2.24) is 19.7 Å². The Kier molecular flexibility index (Phi) is 5.58. The fraction of sp³-hybridized carbons (Fsp3) is 0.250. The first-order valence-electron chi connectivity index (χ1n) is 8.97. The van der Waals surface area contributed by atoms with Crippen molar-refractivity contribution in [3.05, 3.63) is 76.4 Å². The van der Waals surface area contributed by atoms with Crippen molar-refractivity contribution in [2.75, 3.05) is 26.0 Å². The summed E-state index contributed by atoms with van der Waals surface area (Å²) in [5.41, 5.74) is 2.60. The zero-order chi connectivity index (χ0) is 21.1. The number of benzene rings is 2. The Morgan fingerprint density at radius 2 is 1.83 bits per heavy atom. The first-order chi connectivity index (χ1) is 13.8. The van der Waals surface area contributed by atoms with Crippen LogP contribution in [0.4, 0.5) is 11.4 Å². The van der Waals surface area contributed by atoms with Crippen LogP contribution in [0.15, 0.2) is 55.1 Å². The quantitative estimate of drug-likeness (QED) is 0.471. The molecule has 3 rings (SSSR count). The second-order valence-electron chi connectivity index (χ2n) is 6.88. The molecule has 2 aromatic carbocycles. The molecule has 0 bridgehead atoms. The summed E-state index contributed by atoms with van der Waals surface area (Å²) in [7, 11) is 5.28. The zero-order valence-corrected chi connectivity index (χ0v) is 16.7. The Bertz CT molecular complexity index is 1020. The third-order valence-corrected chi connectivity index (χ3v) is 4.86. The van der Waals surface area contributed by atoms with Crippen LogP contribution in [-0.2, 0) is 0 Å². The molecule has 0 aliphatic heterocycles. The van der Waals surface area contributed by atoms with Gasteiger partial charge in [-0.05, 0) is 30.7 Å². The van der Waals surface area contributed by atoms with E-state index < -0.39 is 4.92 Å². The van der Waals surface area contributed by atoms with Crippen LogP contribution >= 0.6 is 0 Å². The Morgan fingerprint density at radius 1 is 1.14 bits per heavy atom. The molecule has 0 aliphatic rings. The largest absolute Gasteiger partial charge is 0.377 e. The molecule has 0 saturated carbocycles. The van der Waals surface area contributed by atoms with E-state index >= 15 is 0 Å². The molecule has 0 aliphatic carbocycles. The van der Waals surface area contributed by atoms with E-state index in [1.807, 2.05) is 31.2 Å². The molecule has 150 valence electrons. The maximum Gasteiger partial charge on any atom is 0.270 e. The molecule has 0 radical (unpaired) electrons. The molecule has 29 heavy (non-hydrogen) atoms. The van der Waals surface area contributed by atoms with E-state index in [9.17, 15) is 14.9 Å². The number of non-ortho nitro benzene ring substituents is 1. The standard InChI is InChI=1S/C20H22N6O3/c1-14(15-5-7-16(8-6-15)25-13-21-12-22-25)24(4)20(27)18-11-17(26(28)29)9-10-19(18)23(2)3/h5-14H,1-4H3. The lowest BCUT2D eigenvalue weighted by atomic mass is 10.0. The third-order valence-electron chi connectivity index (χ3n) is 4.86. The molecule has 1 atom stereocenters. The minimum Gasteiger partial charge on any atom is -0.377 e. The number of anilines is 1. The summed E-state index contributed by atoms with van der Waals surface area (Å²) < 4.78 is 1.65. The molecule has 1 aromatic heterocycles. The van der Waals surface area contributed by atoms with E-state index in [1.54, 1.807) is 48.0 Å². The summed E-state index contributed by atoms with van der Waals surface area (Å²) in [6, 6.07) is 11.7. The normalized spacial score (nSPS) is 11.7. The van der Waals surface area contributed by atoms with Gasteiger partial charge >= 0.3 is 0 Å². The van der Waals surface area contributed by atoms with Gasteiger partial charge in [-0.2, -0.15) is 5.10 Å². The van der Waals surface area contributed by atoms with Crippen molar-refractivity contribution in [1.29, 1.82) is 0 Å². The van der Waals surface area contributed by atoms with E-state index in [-0.39, 0.29) is 23.2 Å². The van der Waals surface area contributed by atoms with Gasteiger partial charge in [-0.1, -0.05) is 12.1 Å². The first-order valence-corrected chi connectivity index (χ1v) is 8.97. The average molecular weight is 394 g/mol. The topological polar surface area (TPSA) is 97.4 Å². The fourth-order valence-electron chi connectivity index (χ4n) is 3.04. The summed E-state index contributed by atoms with van der Waals surface area (Å²) in [4.78, 5) is 31.1. The number of nitrogens with zero attached hydrogens (tertiary/aromatic N) is 6. The molecule has 9 heteroatoms. The number of hydrogen-bond donors (Lipinski definition) is 0. The number of hydrogen-bond acceptors (Lipinski definition) is 6. The molecular weight excluding hydrogens is 372 g/mol. The van der Waals surface area contributed by atoms with Crippen LogP contribution in [0.5, 0.6) is 0 Å². The summed E-state index contributed by atoms with van der Waals surface area (Å²) in [6.45, 7) is 1.91. The summed E-state index contributed by atoms with van der Waals surface area (Å²) in [5, 5.41) is 15.3. The van der Waals surface area contributed by atoms with Gasteiger partial charge in [-0.15, -0.1) is 0 Å². The van der Waals surface area contributed by atoms with Crippen molar-refractivity contribution in [2.24, 2.45) is 0 Å². The molecule has 1 heterocycles. The monoisotopic (exact) mass is 394 g/mol. The minimum atomic E-state index is -0.498. The Morgan fingerprint density at radius 3 is 2.38 bits per heavy atom. The molecule has 9 nitrogen and oxygen atoms in total. The van der Waals surface area contributed by atoms with E-state index in [0.717, 1.165) is 11.3 Å². The second-order valence-corrected chi connectivity index (χ2v) is 6.88. The molecule has 0 fully saturated rings. The van der Waals surface area contributed by atoms with Crippen LogP contribution < -0.4 is 4.90 Å². The first kappa shape index (κ1) is 20.0. The van der Waals surface area contributed by atoms with Crippen molar-refractivity contribution in [3.8, 4) is 5.69 Å². The molecule has 1 amide bonds. The highest BCUT2D eigenvalue weighted by atomic mass is 16.6. The van der Waals surface area contributed by atoms with Crippen molar-refractivity contribution < 1.29 is 9.72 Å². The highest BCUT2D eigenvalue weighted by Gasteiger charge is 2.24. The maximum absolute atomic E-state index is 13.2. The number of carbonyl (C=O) groups excluding carboxylic acids is 1. The predicted molar refractivity (Wildman–Crippen MR) is 109 cm³/mol. The summed E-state index contributed by atoms with van der Waals surface area (Å²) >= 11 is 0. The van der Waals surface area contributed by atoms with Gasteiger partial charge in [-0.25, -0.2) is 9.67 Å². The van der Waals surface area contributed by atoms with Gasteiger partial charge in [0.25, 0.3) is 11.6 Å². The number of nitro benzene ring substituents is 1. The van der Waals surface area contributed by atoms with E-state index in [0.29, 0.717) is 5.69 Å². The van der Waals surface area contributed by atoms with Gasteiger partial charge in [0.05, 0.1) is 22.2 Å². The lowest BCUT2D eigenvalue weighted by Gasteiger charge is -2.27.